The van der Waals surface area contributed by atoms with Gasteiger partial charge < -0.3 is 10.0 Å². The number of hydrogen-bond acceptors (Lipinski definition) is 4. The molecular formula is C19H31N3O2. The van der Waals surface area contributed by atoms with E-state index < -0.39 is 5.60 Å². The molecule has 5 nitrogen and oxygen atoms in total. The molecule has 1 heterocycles. The summed E-state index contributed by atoms with van der Waals surface area (Å²) in [6.45, 7) is 11.7. The zero-order valence-corrected chi connectivity index (χ0v) is 15.2. The third-order valence-corrected chi connectivity index (χ3v) is 4.39. The van der Waals surface area contributed by atoms with Gasteiger partial charge in [0.1, 0.15) is 0 Å². The molecule has 2 rings (SSSR count). The van der Waals surface area contributed by atoms with Crippen LogP contribution in [0.25, 0.3) is 0 Å². The van der Waals surface area contributed by atoms with E-state index in [2.05, 4.69) is 34.1 Å². The molecule has 1 fully saturated rings. The van der Waals surface area contributed by atoms with Crippen molar-refractivity contribution in [2.24, 2.45) is 0 Å². The van der Waals surface area contributed by atoms with E-state index in [4.69, 9.17) is 0 Å². The number of nitrogens with zero attached hydrogens (tertiary/aromatic N) is 3. The first-order valence-corrected chi connectivity index (χ1v) is 8.86. The summed E-state index contributed by atoms with van der Waals surface area (Å²) in [6.07, 6.45) is 0. The average Bonchev–Trinajstić information content (AvgIpc) is 2.54. The van der Waals surface area contributed by atoms with Crippen molar-refractivity contribution >= 4 is 5.91 Å². The van der Waals surface area contributed by atoms with Crippen LogP contribution in [0.5, 0.6) is 0 Å². The van der Waals surface area contributed by atoms with Crippen LogP contribution in [0.1, 0.15) is 26.3 Å². The predicted octanol–water partition coefficient (Wildman–Crippen LogP) is 1.42. The van der Waals surface area contributed by atoms with Gasteiger partial charge in [-0.25, -0.2) is 0 Å². The van der Waals surface area contributed by atoms with Crippen molar-refractivity contribution in [1.82, 2.24) is 14.7 Å². The van der Waals surface area contributed by atoms with E-state index >= 15 is 0 Å². The molecular weight excluding hydrogens is 302 g/mol. The van der Waals surface area contributed by atoms with Crippen molar-refractivity contribution in [3.05, 3.63) is 35.9 Å². The van der Waals surface area contributed by atoms with Crippen molar-refractivity contribution < 1.29 is 9.90 Å². The summed E-state index contributed by atoms with van der Waals surface area (Å²) in [5.74, 6) is 0.108. The SMILES string of the molecule is CCN(CC(C)(C)O)C(=O)CN1CCN(Cc2ccccc2)CC1. The minimum absolute atomic E-state index is 0.108. The normalized spacial score (nSPS) is 17.0. The van der Waals surface area contributed by atoms with Gasteiger partial charge in [0.05, 0.1) is 12.1 Å². The first-order chi connectivity index (χ1) is 11.4. The van der Waals surface area contributed by atoms with Gasteiger partial charge >= 0.3 is 0 Å². The Labute approximate surface area is 145 Å². The van der Waals surface area contributed by atoms with Crippen LogP contribution in [-0.4, -0.2) is 77.1 Å². The van der Waals surface area contributed by atoms with E-state index in [1.807, 2.05) is 13.0 Å². The molecule has 0 atom stereocenters. The summed E-state index contributed by atoms with van der Waals surface area (Å²) in [7, 11) is 0. The Kier molecular flexibility index (Phi) is 6.78. The van der Waals surface area contributed by atoms with E-state index in [1.54, 1.807) is 18.7 Å². The first-order valence-electron chi connectivity index (χ1n) is 8.86. The number of hydrogen-bond donors (Lipinski definition) is 1. The Bertz CT molecular complexity index is 505. The molecule has 134 valence electrons. The minimum Gasteiger partial charge on any atom is -0.389 e. The van der Waals surface area contributed by atoms with E-state index in [1.165, 1.54) is 5.56 Å². The van der Waals surface area contributed by atoms with Gasteiger partial charge in [-0.1, -0.05) is 30.3 Å². The molecule has 1 aromatic rings. The first kappa shape index (κ1) is 18.9. The van der Waals surface area contributed by atoms with Gasteiger partial charge in [-0.3, -0.25) is 14.6 Å². The molecule has 0 spiro atoms. The number of rotatable bonds is 7. The zero-order valence-electron chi connectivity index (χ0n) is 15.2. The second kappa shape index (κ2) is 8.60. The molecule has 0 saturated carbocycles. The summed E-state index contributed by atoms with van der Waals surface area (Å²) in [4.78, 5) is 18.9. The number of amides is 1. The zero-order chi connectivity index (χ0) is 17.6. The Morgan fingerprint density at radius 2 is 1.71 bits per heavy atom. The fourth-order valence-corrected chi connectivity index (χ4v) is 3.08. The quantitative estimate of drug-likeness (QED) is 0.820. The lowest BCUT2D eigenvalue weighted by molar-refractivity contribution is -0.135. The van der Waals surface area contributed by atoms with E-state index in [0.717, 1.165) is 32.7 Å². The summed E-state index contributed by atoms with van der Waals surface area (Å²) >= 11 is 0. The Balaban J connectivity index is 1.76. The smallest absolute Gasteiger partial charge is 0.236 e. The molecule has 1 amide bonds. The van der Waals surface area contributed by atoms with Crippen LogP contribution in [0.3, 0.4) is 0 Å². The largest absolute Gasteiger partial charge is 0.389 e. The molecule has 24 heavy (non-hydrogen) atoms. The highest BCUT2D eigenvalue weighted by Gasteiger charge is 2.24. The average molecular weight is 333 g/mol. The van der Waals surface area contributed by atoms with E-state index in [9.17, 15) is 9.90 Å². The van der Waals surface area contributed by atoms with Crippen LogP contribution in [0, 0.1) is 0 Å². The maximum atomic E-state index is 12.5. The summed E-state index contributed by atoms with van der Waals surface area (Å²) in [5, 5.41) is 9.93. The molecule has 0 aliphatic carbocycles. The minimum atomic E-state index is -0.847. The number of aliphatic hydroxyl groups is 1. The molecule has 0 unspecified atom stereocenters. The Morgan fingerprint density at radius 1 is 1.12 bits per heavy atom. The Hall–Kier alpha value is -1.43. The molecule has 0 radical (unpaired) electrons. The molecule has 1 saturated heterocycles. The maximum Gasteiger partial charge on any atom is 0.236 e. The van der Waals surface area contributed by atoms with Gasteiger partial charge in [-0.2, -0.15) is 0 Å². The third kappa shape index (κ3) is 6.23. The van der Waals surface area contributed by atoms with Crippen molar-refractivity contribution in [3.8, 4) is 0 Å². The van der Waals surface area contributed by atoms with Crippen LogP contribution in [0.4, 0.5) is 0 Å². The van der Waals surface area contributed by atoms with Gasteiger partial charge in [-0.05, 0) is 26.3 Å². The summed E-state index contributed by atoms with van der Waals surface area (Å²) in [6, 6.07) is 10.5. The number of carbonyl (C=O) groups is 1. The molecule has 0 aromatic heterocycles. The molecule has 1 aliphatic heterocycles. The van der Waals surface area contributed by atoms with Crippen LogP contribution in [0.15, 0.2) is 30.3 Å². The molecule has 1 N–H and O–H groups in total. The van der Waals surface area contributed by atoms with Crippen LogP contribution in [0.2, 0.25) is 0 Å². The van der Waals surface area contributed by atoms with Gasteiger partial charge in [0, 0.05) is 45.8 Å². The predicted molar refractivity (Wildman–Crippen MR) is 96.7 cm³/mol. The van der Waals surface area contributed by atoms with Gasteiger partial charge in [0.25, 0.3) is 0 Å². The lowest BCUT2D eigenvalue weighted by Gasteiger charge is -2.36. The molecule has 0 bridgehead atoms. The lowest BCUT2D eigenvalue weighted by Crippen LogP contribution is -2.51. The number of piperazine rings is 1. The highest BCUT2D eigenvalue weighted by atomic mass is 16.3. The number of carbonyl (C=O) groups excluding carboxylic acids is 1. The highest BCUT2D eigenvalue weighted by Crippen LogP contribution is 2.10. The van der Waals surface area contributed by atoms with Gasteiger partial charge in [0.2, 0.25) is 5.91 Å². The molecule has 5 heteroatoms. The second-order valence-corrected chi connectivity index (χ2v) is 7.26. The Morgan fingerprint density at radius 3 is 2.25 bits per heavy atom. The monoisotopic (exact) mass is 333 g/mol. The fourth-order valence-electron chi connectivity index (χ4n) is 3.08. The van der Waals surface area contributed by atoms with Crippen molar-refractivity contribution in [2.45, 2.75) is 32.9 Å². The topological polar surface area (TPSA) is 47.0 Å². The highest BCUT2D eigenvalue weighted by molar-refractivity contribution is 5.78. The van der Waals surface area contributed by atoms with E-state index in [0.29, 0.717) is 19.6 Å². The fraction of sp³-hybridized carbons (Fsp3) is 0.632. The van der Waals surface area contributed by atoms with Crippen molar-refractivity contribution in [2.75, 3.05) is 45.8 Å². The van der Waals surface area contributed by atoms with Gasteiger partial charge in [-0.15, -0.1) is 0 Å². The lowest BCUT2D eigenvalue weighted by atomic mass is 10.1. The maximum absolute atomic E-state index is 12.5. The molecule has 1 aromatic carbocycles. The second-order valence-electron chi connectivity index (χ2n) is 7.26. The van der Waals surface area contributed by atoms with Crippen LogP contribution >= 0.6 is 0 Å². The van der Waals surface area contributed by atoms with Crippen LogP contribution < -0.4 is 0 Å². The van der Waals surface area contributed by atoms with Crippen molar-refractivity contribution in [1.29, 1.82) is 0 Å². The summed E-state index contributed by atoms with van der Waals surface area (Å²) < 4.78 is 0. The number of benzene rings is 1. The standard InChI is InChI=1S/C19H31N3O2/c1-4-22(16-19(2,3)24)18(23)15-21-12-10-20(11-13-21)14-17-8-6-5-7-9-17/h5-9,24H,4,10-16H2,1-3H3. The third-order valence-electron chi connectivity index (χ3n) is 4.39. The number of likely N-dealkylation sites (N-methyl/N-ethyl adjacent to an activating group) is 1. The molecule has 1 aliphatic rings. The van der Waals surface area contributed by atoms with E-state index in [-0.39, 0.29) is 5.91 Å². The summed E-state index contributed by atoms with van der Waals surface area (Å²) in [5.41, 5.74) is 0.490. The van der Waals surface area contributed by atoms with Gasteiger partial charge in [0.15, 0.2) is 0 Å². The van der Waals surface area contributed by atoms with Crippen LogP contribution in [-0.2, 0) is 11.3 Å². The van der Waals surface area contributed by atoms with Crippen molar-refractivity contribution in [3.63, 3.8) is 0 Å².